The second-order valence-electron chi connectivity index (χ2n) is 5.22. The van der Waals surface area contributed by atoms with Crippen LogP contribution in [0.25, 0.3) is 0 Å². The summed E-state index contributed by atoms with van der Waals surface area (Å²) < 4.78 is 5.31. The molecular formula is C14H24N2O2. The molecule has 0 aliphatic rings. The van der Waals surface area contributed by atoms with Crippen molar-refractivity contribution in [3.05, 3.63) is 17.8 Å². The molecule has 0 unspecified atom stereocenters. The van der Waals surface area contributed by atoms with Crippen molar-refractivity contribution < 1.29 is 9.21 Å². The van der Waals surface area contributed by atoms with Crippen LogP contribution >= 0.6 is 0 Å². The second-order valence-corrected chi connectivity index (χ2v) is 5.22. The summed E-state index contributed by atoms with van der Waals surface area (Å²) >= 11 is 0. The zero-order valence-corrected chi connectivity index (χ0v) is 12.0. The molecule has 1 aromatic rings. The fraction of sp³-hybridized carbons (Fsp3) is 0.714. The Morgan fingerprint density at radius 3 is 2.50 bits per heavy atom. The van der Waals surface area contributed by atoms with E-state index in [9.17, 15) is 4.79 Å². The van der Waals surface area contributed by atoms with Gasteiger partial charge in [0.1, 0.15) is 6.26 Å². The van der Waals surface area contributed by atoms with Crippen LogP contribution in [-0.4, -0.2) is 22.9 Å². The fourth-order valence-electron chi connectivity index (χ4n) is 1.86. The van der Waals surface area contributed by atoms with E-state index in [-0.39, 0.29) is 23.8 Å². The van der Waals surface area contributed by atoms with Gasteiger partial charge in [0.15, 0.2) is 11.7 Å². The second kappa shape index (κ2) is 6.69. The highest BCUT2D eigenvalue weighted by Gasteiger charge is 2.23. The van der Waals surface area contributed by atoms with Crippen molar-refractivity contribution in [2.24, 2.45) is 5.92 Å². The third-order valence-corrected chi connectivity index (χ3v) is 2.76. The number of nitrogens with zero attached hydrogens (tertiary/aromatic N) is 1. The van der Waals surface area contributed by atoms with Gasteiger partial charge in [0, 0.05) is 24.8 Å². The lowest BCUT2D eigenvalue weighted by Gasteiger charge is -2.21. The van der Waals surface area contributed by atoms with Crippen LogP contribution in [0.2, 0.25) is 0 Å². The molecule has 1 rings (SSSR count). The molecule has 0 amide bonds. The quantitative estimate of drug-likeness (QED) is 0.809. The summed E-state index contributed by atoms with van der Waals surface area (Å²) in [6, 6.07) is 0.0926. The van der Waals surface area contributed by atoms with Crippen molar-refractivity contribution in [1.29, 1.82) is 0 Å². The normalized spacial score (nSPS) is 13.3. The van der Waals surface area contributed by atoms with Gasteiger partial charge in [-0.1, -0.05) is 34.6 Å². The first kappa shape index (κ1) is 14.9. The van der Waals surface area contributed by atoms with Crippen LogP contribution in [0, 0.1) is 5.92 Å². The zero-order chi connectivity index (χ0) is 13.7. The van der Waals surface area contributed by atoms with E-state index in [1.807, 2.05) is 34.6 Å². The molecule has 0 fully saturated rings. The van der Waals surface area contributed by atoms with Gasteiger partial charge in [0.25, 0.3) is 0 Å². The van der Waals surface area contributed by atoms with Crippen molar-refractivity contribution in [2.75, 3.05) is 0 Å². The Hall–Kier alpha value is -1.16. The number of carbonyl (C=O) groups is 1. The Kier molecular flexibility index (Phi) is 5.54. The summed E-state index contributed by atoms with van der Waals surface area (Å²) in [7, 11) is 0. The van der Waals surface area contributed by atoms with E-state index >= 15 is 0 Å². The van der Waals surface area contributed by atoms with Gasteiger partial charge in [-0.2, -0.15) is 0 Å². The van der Waals surface area contributed by atoms with Gasteiger partial charge >= 0.3 is 0 Å². The summed E-state index contributed by atoms with van der Waals surface area (Å²) in [5, 5.41) is 3.31. The average molecular weight is 252 g/mol. The molecule has 4 heteroatoms. The van der Waals surface area contributed by atoms with Crippen molar-refractivity contribution in [3.63, 3.8) is 0 Å². The highest BCUT2D eigenvalue weighted by Crippen LogP contribution is 2.10. The summed E-state index contributed by atoms with van der Waals surface area (Å²) in [6.45, 7) is 9.94. The van der Waals surface area contributed by atoms with Gasteiger partial charge in [-0.05, 0) is 0 Å². The maximum atomic E-state index is 12.1. The molecule has 1 atom stereocenters. The maximum absolute atomic E-state index is 12.1. The van der Waals surface area contributed by atoms with Crippen molar-refractivity contribution in [2.45, 2.75) is 59.5 Å². The predicted molar refractivity (Wildman–Crippen MR) is 71.5 cm³/mol. The van der Waals surface area contributed by atoms with Crippen LogP contribution in [0.4, 0.5) is 0 Å². The zero-order valence-electron chi connectivity index (χ0n) is 12.0. The minimum atomic E-state index is -0.181. The maximum Gasteiger partial charge on any atom is 0.193 e. The van der Waals surface area contributed by atoms with Gasteiger partial charge in [-0.3, -0.25) is 4.79 Å². The molecule has 0 aliphatic carbocycles. The first-order chi connectivity index (χ1) is 8.43. The molecule has 0 spiro atoms. The fourth-order valence-corrected chi connectivity index (χ4v) is 1.86. The monoisotopic (exact) mass is 252 g/mol. The van der Waals surface area contributed by atoms with E-state index < -0.39 is 0 Å². The molecule has 0 saturated heterocycles. The lowest BCUT2D eigenvalue weighted by Crippen LogP contribution is -2.44. The third kappa shape index (κ3) is 4.26. The molecule has 18 heavy (non-hydrogen) atoms. The minimum absolute atomic E-state index is 0.0267. The standard InChI is InChI=1S/C14H24N2O2/c1-6-13-16-11(8-18-13)7-12(15-10(4)5)14(17)9(2)3/h8-10,12,15H,6-7H2,1-5H3/t12-/m0/s1. The molecule has 0 aromatic carbocycles. The van der Waals surface area contributed by atoms with E-state index in [4.69, 9.17) is 4.42 Å². The first-order valence-corrected chi connectivity index (χ1v) is 6.67. The number of hydrogen-bond donors (Lipinski definition) is 1. The molecule has 102 valence electrons. The smallest absolute Gasteiger partial charge is 0.193 e. The van der Waals surface area contributed by atoms with E-state index in [2.05, 4.69) is 10.3 Å². The highest BCUT2D eigenvalue weighted by atomic mass is 16.3. The van der Waals surface area contributed by atoms with Gasteiger partial charge in [-0.25, -0.2) is 4.98 Å². The molecule has 0 aliphatic heterocycles. The van der Waals surface area contributed by atoms with Crippen molar-refractivity contribution in [3.8, 4) is 0 Å². The number of aromatic nitrogens is 1. The summed E-state index contributed by atoms with van der Waals surface area (Å²) in [4.78, 5) is 16.5. The van der Waals surface area contributed by atoms with Crippen LogP contribution in [0.15, 0.2) is 10.7 Å². The van der Waals surface area contributed by atoms with Crippen LogP contribution in [0.5, 0.6) is 0 Å². The lowest BCUT2D eigenvalue weighted by molar-refractivity contribution is -0.124. The predicted octanol–water partition coefficient (Wildman–Crippen LogP) is 2.37. The van der Waals surface area contributed by atoms with E-state index in [1.54, 1.807) is 6.26 Å². The number of carbonyl (C=O) groups excluding carboxylic acids is 1. The van der Waals surface area contributed by atoms with Crippen molar-refractivity contribution in [1.82, 2.24) is 10.3 Å². The van der Waals surface area contributed by atoms with Gasteiger partial charge in [0.05, 0.1) is 11.7 Å². The number of aryl methyl sites for hydroxylation is 1. The van der Waals surface area contributed by atoms with Crippen LogP contribution < -0.4 is 5.32 Å². The number of oxazole rings is 1. The van der Waals surface area contributed by atoms with Crippen LogP contribution in [0.1, 0.15) is 46.2 Å². The van der Waals surface area contributed by atoms with Gasteiger partial charge in [-0.15, -0.1) is 0 Å². The minimum Gasteiger partial charge on any atom is -0.449 e. The van der Waals surface area contributed by atoms with Crippen molar-refractivity contribution >= 4 is 5.78 Å². The Morgan fingerprint density at radius 1 is 1.39 bits per heavy atom. The molecule has 0 saturated carbocycles. The summed E-state index contributed by atoms with van der Waals surface area (Å²) in [6.07, 6.45) is 3.03. The van der Waals surface area contributed by atoms with Crippen LogP contribution in [0.3, 0.4) is 0 Å². The SMILES string of the molecule is CCc1nc(C[C@H](NC(C)C)C(=O)C(C)C)co1. The Balaban J connectivity index is 2.74. The number of rotatable bonds is 7. The molecule has 1 N–H and O–H groups in total. The lowest BCUT2D eigenvalue weighted by atomic mass is 9.97. The molecule has 1 aromatic heterocycles. The van der Waals surface area contributed by atoms with Gasteiger partial charge in [0.2, 0.25) is 0 Å². The van der Waals surface area contributed by atoms with E-state index in [0.717, 1.165) is 18.0 Å². The third-order valence-electron chi connectivity index (χ3n) is 2.76. The molecule has 0 bridgehead atoms. The average Bonchev–Trinajstić information content (AvgIpc) is 2.74. The summed E-state index contributed by atoms with van der Waals surface area (Å²) in [5.74, 6) is 0.980. The van der Waals surface area contributed by atoms with E-state index in [0.29, 0.717) is 6.42 Å². The highest BCUT2D eigenvalue weighted by molar-refractivity contribution is 5.86. The summed E-state index contributed by atoms with van der Waals surface area (Å²) in [5.41, 5.74) is 0.846. The first-order valence-electron chi connectivity index (χ1n) is 6.67. The Bertz CT molecular complexity index is 383. The molecule has 4 nitrogen and oxygen atoms in total. The Morgan fingerprint density at radius 2 is 2.06 bits per heavy atom. The molecule has 1 heterocycles. The molecule has 0 radical (unpaired) electrons. The number of hydrogen-bond acceptors (Lipinski definition) is 4. The van der Waals surface area contributed by atoms with Crippen LogP contribution in [-0.2, 0) is 17.6 Å². The Labute approximate surface area is 109 Å². The van der Waals surface area contributed by atoms with Gasteiger partial charge < -0.3 is 9.73 Å². The number of nitrogens with one attached hydrogen (secondary N) is 1. The number of ketones is 1. The topological polar surface area (TPSA) is 55.1 Å². The van der Waals surface area contributed by atoms with E-state index in [1.165, 1.54) is 0 Å². The number of Topliss-reactive ketones (excluding diaryl/α,β-unsaturated/α-hetero) is 1. The molecular weight excluding hydrogens is 228 g/mol. The largest absolute Gasteiger partial charge is 0.449 e.